The van der Waals surface area contributed by atoms with E-state index in [1.165, 1.54) is 42.3 Å². The van der Waals surface area contributed by atoms with Crippen LogP contribution in [0, 0.1) is 11.3 Å². The number of nitriles is 1. The highest BCUT2D eigenvalue weighted by Gasteiger charge is 2.36. The third-order valence-electron chi connectivity index (χ3n) is 4.98. The van der Waals surface area contributed by atoms with E-state index in [4.69, 9.17) is 4.74 Å². The number of anilines is 2. The predicted molar refractivity (Wildman–Crippen MR) is 113 cm³/mol. The first-order chi connectivity index (χ1) is 15.1. The second-order valence-electron chi connectivity index (χ2n) is 7.19. The number of halogens is 2. The number of benzene rings is 2. The molecule has 11 heteroatoms. The molecule has 0 amide bonds. The Bertz CT molecular complexity index is 1180. The van der Waals surface area contributed by atoms with Crippen molar-refractivity contribution in [2.24, 2.45) is 0 Å². The maximum absolute atomic E-state index is 14.0. The summed E-state index contributed by atoms with van der Waals surface area (Å²) in [6.45, 7) is -0.272. The Labute approximate surface area is 184 Å². The minimum absolute atomic E-state index is 0.0182. The van der Waals surface area contributed by atoms with Crippen molar-refractivity contribution >= 4 is 27.4 Å². The molecule has 0 spiro atoms. The van der Waals surface area contributed by atoms with Crippen molar-refractivity contribution in [2.75, 3.05) is 36.9 Å². The minimum atomic E-state index is -4.34. The van der Waals surface area contributed by atoms with E-state index in [0.717, 1.165) is 13.2 Å². The average Bonchev–Trinajstić information content (AvgIpc) is 2.77. The number of alkyl halides is 2. The number of methoxy groups -OCH3 is 2. The second-order valence-corrected chi connectivity index (χ2v) is 8.84. The molecule has 170 valence electrons. The zero-order valence-corrected chi connectivity index (χ0v) is 18.2. The molecule has 0 aromatic heterocycles. The van der Waals surface area contributed by atoms with Gasteiger partial charge in [-0.25, -0.2) is 22.0 Å². The van der Waals surface area contributed by atoms with Gasteiger partial charge in [0, 0.05) is 13.0 Å². The third kappa shape index (κ3) is 4.91. The number of esters is 1. The summed E-state index contributed by atoms with van der Waals surface area (Å²) >= 11 is 0. The summed E-state index contributed by atoms with van der Waals surface area (Å²) in [5.74, 6) is -3.69. The lowest BCUT2D eigenvalue weighted by molar-refractivity contribution is -0.0116. The largest absolute Gasteiger partial charge is 0.495 e. The van der Waals surface area contributed by atoms with Gasteiger partial charge in [-0.1, -0.05) is 0 Å². The number of carbonyl (C=O) groups excluding carboxylic acids is 1. The van der Waals surface area contributed by atoms with Gasteiger partial charge in [0.05, 0.1) is 49.3 Å². The van der Waals surface area contributed by atoms with Gasteiger partial charge in [0.1, 0.15) is 10.6 Å². The first-order valence-corrected chi connectivity index (χ1v) is 11.0. The van der Waals surface area contributed by atoms with Gasteiger partial charge in [-0.3, -0.25) is 4.72 Å². The number of piperidine rings is 1. The molecule has 0 unspecified atom stereocenters. The molecule has 0 radical (unpaired) electrons. The van der Waals surface area contributed by atoms with E-state index in [2.05, 4.69) is 9.46 Å². The fourth-order valence-electron chi connectivity index (χ4n) is 3.47. The molecule has 1 aliphatic rings. The van der Waals surface area contributed by atoms with Gasteiger partial charge >= 0.3 is 5.97 Å². The normalized spacial score (nSPS) is 15.5. The maximum atomic E-state index is 14.0. The SMILES string of the molecule is COC(=O)c1ccc(OC)c(S(=O)(=O)Nc2cc(C#N)ccc2N2CCCC(F)(F)C2)c1. The second kappa shape index (κ2) is 9.00. The zero-order chi connectivity index (χ0) is 23.5. The maximum Gasteiger partial charge on any atom is 0.337 e. The Balaban J connectivity index is 2.06. The first-order valence-electron chi connectivity index (χ1n) is 9.56. The molecule has 2 aromatic carbocycles. The molecule has 3 rings (SSSR count). The molecular weight excluding hydrogens is 444 g/mol. The summed E-state index contributed by atoms with van der Waals surface area (Å²) in [7, 11) is -1.91. The third-order valence-corrected chi connectivity index (χ3v) is 6.36. The van der Waals surface area contributed by atoms with Gasteiger partial charge < -0.3 is 14.4 Å². The molecular formula is C21H21F2N3O5S. The van der Waals surface area contributed by atoms with Gasteiger partial charge in [-0.2, -0.15) is 5.26 Å². The van der Waals surface area contributed by atoms with Crippen LogP contribution in [-0.2, 0) is 14.8 Å². The number of hydrogen-bond donors (Lipinski definition) is 1. The van der Waals surface area contributed by atoms with Crippen LogP contribution in [0.3, 0.4) is 0 Å². The summed E-state index contributed by atoms with van der Waals surface area (Å²) in [5, 5.41) is 9.24. The van der Waals surface area contributed by atoms with Crippen LogP contribution in [0.15, 0.2) is 41.3 Å². The van der Waals surface area contributed by atoms with E-state index in [0.29, 0.717) is 6.54 Å². The lowest BCUT2D eigenvalue weighted by atomic mass is 10.1. The Hall–Kier alpha value is -3.39. The molecule has 0 aliphatic carbocycles. The van der Waals surface area contributed by atoms with Crippen LogP contribution < -0.4 is 14.4 Å². The summed E-state index contributed by atoms with van der Waals surface area (Å²) in [6, 6.07) is 9.79. The molecule has 1 heterocycles. The van der Waals surface area contributed by atoms with Crippen molar-refractivity contribution in [1.82, 2.24) is 0 Å². The minimum Gasteiger partial charge on any atom is -0.495 e. The average molecular weight is 465 g/mol. The molecule has 2 aromatic rings. The summed E-state index contributed by atoms with van der Waals surface area (Å²) in [6.07, 6.45) is -0.0213. The summed E-state index contributed by atoms with van der Waals surface area (Å²) < 4.78 is 66.5. The monoisotopic (exact) mass is 465 g/mol. The Morgan fingerprint density at radius 1 is 1.22 bits per heavy atom. The number of rotatable bonds is 6. The van der Waals surface area contributed by atoms with Crippen LogP contribution >= 0.6 is 0 Å². The Kier molecular flexibility index (Phi) is 6.55. The van der Waals surface area contributed by atoms with Crippen LogP contribution in [0.4, 0.5) is 20.2 Å². The summed E-state index contributed by atoms with van der Waals surface area (Å²) in [4.78, 5) is 12.9. The highest BCUT2D eigenvalue weighted by Crippen LogP contribution is 2.36. The number of nitrogens with one attached hydrogen (secondary N) is 1. The number of hydrogen-bond acceptors (Lipinski definition) is 7. The molecule has 0 saturated carbocycles. The smallest absolute Gasteiger partial charge is 0.337 e. The first kappa shape index (κ1) is 23.3. The lowest BCUT2D eigenvalue weighted by Gasteiger charge is -2.35. The van der Waals surface area contributed by atoms with Gasteiger partial charge in [0.15, 0.2) is 0 Å². The quantitative estimate of drug-likeness (QED) is 0.652. The van der Waals surface area contributed by atoms with Crippen molar-refractivity contribution in [3.05, 3.63) is 47.5 Å². The zero-order valence-electron chi connectivity index (χ0n) is 17.4. The van der Waals surface area contributed by atoms with Crippen molar-refractivity contribution in [3.63, 3.8) is 0 Å². The van der Waals surface area contributed by atoms with Crippen LogP contribution in [-0.4, -0.2) is 47.6 Å². The van der Waals surface area contributed by atoms with E-state index >= 15 is 0 Å². The molecule has 1 N–H and O–H groups in total. The van der Waals surface area contributed by atoms with Gasteiger partial charge in [-0.15, -0.1) is 0 Å². The standard InChI is InChI=1S/C21H21F2N3O5S/c1-30-18-7-5-15(20(27)31-2)11-19(18)32(28,29)25-16-10-14(12-24)4-6-17(16)26-9-3-8-21(22,23)13-26/h4-7,10-11,25H,3,8-9,13H2,1-2H3. The fraction of sp³-hybridized carbons (Fsp3) is 0.333. The number of sulfonamides is 1. The van der Waals surface area contributed by atoms with Gasteiger partial charge in [-0.05, 0) is 42.8 Å². The molecule has 1 fully saturated rings. The topological polar surface area (TPSA) is 109 Å². The number of ether oxygens (including phenoxy) is 2. The fourth-order valence-corrected chi connectivity index (χ4v) is 4.73. The van der Waals surface area contributed by atoms with Crippen LogP contribution in [0.5, 0.6) is 5.75 Å². The highest BCUT2D eigenvalue weighted by molar-refractivity contribution is 7.92. The Morgan fingerprint density at radius 3 is 2.59 bits per heavy atom. The van der Waals surface area contributed by atoms with Crippen LogP contribution in [0.2, 0.25) is 0 Å². The van der Waals surface area contributed by atoms with Crippen molar-refractivity contribution in [1.29, 1.82) is 5.26 Å². The van der Waals surface area contributed by atoms with Crippen molar-refractivity contribution in [2.45, 2.75) is 23.7 Å². The Morgan fingerprint density at radius 2 is 1.97 bits per heavy atom. The molecule has 1 aliphatic heterocycles. The van der Waals surface area contributed by atoms with E-state index in [-0.39, 0.29) is 46.0 Å². The molecule has 1 saturated heterocycles. The molecule has 32 heavy (non-hydrogen) atoms. The molecule has 8 nitrogen and oxygen atoms in total. The molecule has 0 atom stereocenters. The summed E-state index contributed by atoms with van der Waals surface area (Å²) in [5.41, 5.74) is 0.308. The van der Waals surface area contributed by atoms with E-state index < -0.39 is 28.5 Å². The van der Waals surface area contributed by atoms with E-state index in [1.54, 1.807) is 0 Å². The van der Waals surface area contributed by atoms with Gasteiger partial charge in [0.2, 0.25) is 0 Å². The number of nitrogens with zero attached hydrogens (tertiary/aromatic N) is 2. The van der Waals surface area contributed by atoms with Gasteiger partial charge in [0.25, 0.3) is 15.9 Å². The van der Waals surface area contributed by atoms with Crippen molar-refractivity contribution < 1.29 is 31.5 Å². The molecule has 0 bridgehead atoms. The van der Waals surface area contributed by atoms with E-state index in [9.17, 15) is 27.3 Å². The number of carbonyl (C=O) groups is 1. The van der Waals surface area contributed by atoms with E-state index in [1.807, 2.05) is 6.07 Å². The van der Waals surface area contributed by atoms with Crippen LogP contribution in [0.25, 0.3) is 0 Å². The highest BCUT2D eigenvalue weighted by atomic mass is 32.2. The predicted octanol–water partition coefficient (Wildman–Crippen LogP) is 3.39. The van der Waals surface area contributed by atoms with Crippen molar-refractivity contribution in [3.8, 4) is 11.8 Å². The van der Waals surface area contributed by atoms with Crippen LogP contribution in [0.1, 0.15) is 28.8 Å². The lowest BCUT2D eigenvalue weighted by Crippen LogP contribution is -2.43.